The summed E-state index contributed by atoms with van der Waals surface area (Å²) in [6.45, 7) is 0. The average Bonchev–Trinajstić information content (AvgIpc) is 2.70. The molecule has 0 atom stereocenters. The zero-order chi connectivity index (χ0) is 14.7. The molecule has 0 spiro atoms. The van der Waals surface area contributed by atoms with Crippen molar-refractivity contribution in [2.75, 3.05) is 0 Å². The molecule has 1 heterocycles. The molecule has 20 heavy (non-hydrogen) atoms. The highest BCUT2D eigenvalue weighted by molar-refractivity contribution is 5.70. The topological polar surface area (TPSA) is 112 Å². The van der Waals surface area contributed by atoms with E-state index in [0.717, 1.165) is 12.1 Å². The minimum atomic E-state index is -0.741. The van der Waals surface area contributed by atoms with Crippen LogP contribution in [0.3, 0.4) is 0 Å². The summed E-state index contributed by atoms with van der Waals surface area (Å²) < 4.78 is 0.576. The largest absolute Gasteiger partial charge is 0.508 e. The molecule has 0 aliphatic carbocycles. The molecule has 1 aromatic heterocycles. The molecule has 0 amide bonds. The molecule has 0 saturated heterocycles. The Bertz CT molecular complexity index is 594. The van der Waals surface area contributed by atoms with Crippen molar-refractivity contribution in [1.82, 2.24) is 4.73 Å². The highest BCUT2D eigenvalue weighted by Crippen LogP contribution is 2.27. The van der Waals surface area contributed by atoms with Gasteiger partial charge in [-0.3, -0.25) is 0 Å². The van der Waals surface area contributed by atoms with E-state index in [4.69, 9.17) is 4.84 Å². The first-order valence-electron chi connectivity index (χ1n) is 5.79. The van der Waals surface area contributed by atoms with Gasteiger partial charge in [0.25, 0.3) is 0 Å². The Balaban J connectivity index is 2.00. The van der Waals surface area contributed by atoms with Crippen molar-refractivity contribution in [2.45, 2.75) is 12.8 Å². The zero-order valence-corrected chi connectivity index (χ0v) is 10.4. The maximum absolute atomic E-state index is 11.6. The molecule has 0 saturated carbocycles. The fourth-order valence-corrected chi connectivity index (χ4v) is 1.69. The second-order valence-corrected chi connectivity index (χ2v) is 4.08. The lowest BCUT2D eigenvalue weighted by Gasteiger charge is -2.08. The van der Waals surface area contributed by atoms with E-state index < -0.39 is 17.7 Å². The summed E-state index contributed by atoms with van der Waals surface area (Å²) in [5, 5.41) is 37.7. The Hall–Kier alpha value is -2.83. The monoisotopic (exact) mass is 279 g/mol. The zero-order valence-electron chi connectivity index (χ0n) is 10.4. The third-order valence-corrected chi connectivity index (χ3v) is 2.70. The van der Waals surface area contributed by atoms with Crippen molar-refractivity contribution >= 4 is 5.97 Å². The molecular weight excluding hydrogens is 266 g/mol. The summed E-state index contributed by atoms with van der Waals surface area (Å²) in [5.74, 6) is -1.81. The molecule has 0 aliphatic heterocycles. The van der Waals surface area contributed by atoms with E-state index in [9.17, 15) is 25.2 Å². The van der Waals surface area contributed by atoms with Crippen LogP contribution >= 0.6 is 0 Å². The number of hydrogen-bond donors (Lipinski definition) is 4. The van der Waals surface area contributed by atoms with Crippen LogP contribution in [0, 0.1) is 0 Å². The number of rotatable bonds is 4. The maximum atomic E-state index is 11.6. The van der Waals surface area contributed by atoms with E-state index in [-0.39, 0.29) is 29.9 Å². The number of benzene rings is 1. The fourth-order valence-electron chi connectivity index (χ4n) is 1.69. The maximum Gasteiger partial charge on any atom is 0.333 e. The van der Waals surface area contributed by atoms with Crippen molar-refractivity contribution in [1.29, 1.82) is 0 Å². The standard InChI is InChI=1S/C13H13NO6/c15-9-2-1-3-10(16)8(9)4-7-13(19)20-14-11(17)5-6-12(14)18/h1-3,5-6,15-18H,4,7H2. The van der Waals surface area contributed by atoms with E-state index in [1.165, 1.54) is 18.2 Å². The predicted molar refractivity (Wildman–Crippen MR) is 67.4 cm³/mol. The van der Waals surface area contributed by atoms with E-state index in [1.54, 1.807) is 0 Å². The van der Waals surface area contributed by atoms with Gasteiger partial charge in [0, 0.05) is 17.7 Å². The lowest BCUT2D eigenvalue weighted by Crippen LogP contribution is -2.19. The first kappa shape index (κ1) is 13.6. The molecule has 7 heteroatoms. The Morgan fingerprint density at radius 1 is 1.00 bits per heavy atom. The molecule has 2 rings (SSSR count). The van der Waals surface area contributed by atoms with Crippen LogP contribution in [0.15, 0.2) is 30.3 Å². The lowest BCUT2D eigenvalue weighted by atomic mass is 10.1. The van der Waals surface area contributed by atoms with Gasteiger partial charge in [-0.25, -0.2) is 4.79 Å². The molecular formula is C13H13NO6. The smallest absolute Gasteiger partial charge is 0.333 e. The van der Waals surface area contributed by atoms with E-state index in [1.807, 2.05) is 0 Å². The van der Waals surface area contributed by atoms with Gasteiger partial charge in [0.05, 0.1) is 6.42 Å². The molecule has 7 nitrogen and oxygen atoms in total. The van der Waals surface area contributed by atoms with Gasteiger partial charge in [0.2, 0.25) is 11.8 Å². The highest BCUT2D eigenvalue weighted by atomic mass is 16.7. The van der Waals surface area contributed by atoms with Gasteiger partial charge in [-0.1, -0.05) is 6.07 Å². The Kier molecular flexibility index (Phi) is 3.69. The second-order valence-electron chi connectivity index (χ2n) is 4.08. The third-order valence-electron chi connectivity index (χ3n) is 2.70. The van der Waals surface area contributed by atoms with E-state index in [2.05, 4.69) is 0 Å². The number of aromatic nitrogens is 1. The van der Waals surface area contributed by atoms with Crippen LogP contribution in [-0.4, -0.2) is 31.1 Å². The summed E-state index contributed by atoms with van der Waals surface area (Å²) >= 11 is 0. The van der Waals surface area contributed by atoms with Gasteiger partial charge in [0.1, 0.15) is 11.5 Å². The van der Waals surface area contributed by atoms with Crippen molar-refractivity contribution in [2.24, 2.45) is 0 Å². The van der Waals surface area contributed by atoms with Crippen molar-refractivity contribution < 1.29 is 30.1 Å². The normalized spacial score (nSPS) is 10.4. The molecule has 2 aromatic rings. The molecule has 0 bridgehead atoms. The number of phenols is 2. The van der Waals surface area contributed by atoms with Crippen molar-refractivity contribution in [3.63, 3.8) is 0 Å². The van der Waals surface area contributed by atoms with Crippen LogP contribution in [0.4, 0.5) is 0 Å². The minimum absolute atomic E-state index is 0.0557. The molecule has 0 unspecified atom stereocenters. The Morgan fingerprint density at radius 3 is 2.10 bits per heavy atom. The summed E-state index contributed by atoms with van der Waals surface area (Å²) in [7, 11) is 0. The minimum Gasteiger partial charge on any atom is -0.508 e. The summed E-state index contributed by atoms with van der Waals surface area (Å²) in [6.07, 6.45) is -0.0949. The first-order chi connectivity index (χ1) is 9.49. The van der Waals surface area contributed by atoms with E-state index in [0.29, 0.717) is 4.73 Å². The van der Waals surface area contributed by atoms with Gasteiger partial charge in [0.15, 0.2) is 0 Å². The summed E-state index contributed by atoms with van der Waals surface area (Å²) in [5.41, 5.74) is 0.227. The average molecular weight is 279 g/mol. The number of nitrogens with zero attached hydrogens (tertiary/aromatic N) is 1. The quantitative estimate of drug-likeness (QED) is 0.661. The van der Waals surface area contributed by atoms with Gasteiger partial charge in [-0.2, -0.15) is 0 Å². The molecule has 106 valence electrons. The Morgan fingerprint density at radius 2 is 1.55 bits per heavy atom. The fraction of sp³-hybridized carbons (Fsp3) is 0.154. The molecule has 0 radical (unpaired) electrons. The Labute approximate surface area is 113 Å². The molecule has 0 aliphatic rings. The van der Waals surface area contributed by atoms with Gasteiger partial charge < -0.3 is 25.3 Å². The van der Waals surface area contributed by atoms with Gasteiger partial charge in [-0.15, -0.1) is 4.73 Å². The number of phenolic OH excluding ortho intramolecular Hbond substituents is 2. The van der Waals surface area contributed by atoms with Crippen molar-refractivity contribution in [3.8, 4) is 23.3 Å². The van der Waals surface area contributed by atoms with Gasteiger partial charge >= 0.3 is 5.97 Å². The van der Waals surface area contributed by atoms with E-state index >= 15 is 0 Å². The summed E-state index contributed by atoms with van der Waals surface area (Å²) in [4.78, 5) is 16.3. The van der Waals surface area contributed by atoms with Crippen LogP contribution < -0.4 is 4.84 Å². The summed E-state index contributed by atoms with van der Waals surface area (Å²) in [6, 6.07) is 6.59. The van der Waals surface area contributed by atoms with Crippen LogP contribution in [0.5, 0.6) is 23.3 Å². The number of carbonyl (C=O) groups is 1. The number of aromatic hydroxyl groups is 4. The molecule has 4 N–H and O–H groups in total. The predicted octanol–water partition coefficient (Wildman–Crippen LogP) is 0.898. The molecule has 1 aromatic carbocycles. The van der Waals surface area contributed by atoms with Gasteiger partial charge in [-0.05, 0) is 18.6 Å². The number of hydrogen-bond acceptors (Lipinski definition) is 6. The highest BCUT2D eigenvalue weighted by Gasteiger charge is 2.14. The van der Waals surface area contributed by atoms with Crippen LogP contribution in [0.2, 0.25) is 0 Å². The second kappa shape index (κ2) is 5.43. The lowest BCUT2D eigenvalue weighted by molar-refractivity contribution is -0.145. The first-order valence-corrected chi connectivity index (χ1v) is 5.79. The number of carbonyl (C=O) groups excluding carboxylic acids is 1. The van der Waals surface area contributed by atoms with Crippen LogP contribution in [0.25, 0.3) is 0 Å². The molecule has 0 fully saturated rings. The third kappa shape index (κ3) is 2.77. The SMILES string of the molecule is O=C(CCc1c(O)cccc1O)On1c(O)ccc1O. The van der Waals surface area contributed by atoms with Crippen LogP contribution in [0.1, 0.15) is 12.0 Å². The van der Waals surface area contributed by atoms with Crippen molar-refractivity contribution in [3.05, 3.63) is 35.9 Å². The van der Waals surface area contributed by atoms with Crippen LogP contribution in [-0.2, 0) is 11.2 Å².